The number of hydrogen-bond donors (Lipinski definition) is 2. The number of rotatable bonds is 7. The molecule has 0 bridgehead atoms. The predicted octanol–water partition coefficient (Wildman–Crippen LogP) is 1.66. The highest BCUT2D eigenvalue weighted by Gasteiger charge is 2.33. The maximum atomic E-state index is 12.1. The van der Waals surface area contributed by atoms with Gasteiger partial charge in [-0.05, 0) is 0 Å². The minimum atomic E-state index is -0.0646. The lowest BCUT2D eigenvalue weighted by Crippen LogP contribution is -2.32. The molecule has 1 aromatic heterocycles. The summed E-state index contributed by atoms with van der Waals surface area (Å²) in [7, 11) is 0. The number of aliphatic hydroxyl groups is 1. The van der Waals surface area contributed by atoms with Crippen LogP contribution in [-0.2, 0) is 9.53 Å². The zero-order valence-electron chi connectivity index (χ0n) is 12.6. The van der Waals surface area contributed by atoms with E-state index >= 15 is 0 Å². The fraction of sp³-hybridized carbons (Fsp3) is 0.375. The van der Waals surface area contributed by atoms with Crippen LogP contribution in [-0.4, -0.2) is 58.0 Å². The van der Waals surface area contributed by atoms with Crippen LogP contribution in [0.2, 0.25) is 0 Å². The summed E-state index contributed by atoms with van der Waals surface area (Å²) >= 11 is 1.58. The number of thioether (sulfide) groups is 1. The Morgan fingerprint density at radius 3 is 2.96 bits per heavy atom. The lowest BCUT2D eigenvalue weighted by atomic mass is 10.2. The first-order chi connectivity index (χ1) is 11.3. The zero-order chi connectivity index (χ0) is 16.1. The van der Waals surface area contributed by atoms with E-state index in [1.807, 2.05) is 30.3 Å². The van der Waals surface area contributed by atoms with Crippen molar-refractivity contribution in [3.8, 4) is 11.4 Å². The number of H-pyrrole nitrogens is 1. The van der Waals surface area contributed by atoms with Gasteiger partial charge in [-0.25, -0.2) is 4.98 Å². The second kappa shape index (κ2) is 7.63. The molecule has 7 heteroatoms. The summed E-state index contributed by atoms with van der Waals surface area (Å²) in [5, 5.41) is 8.66. The van der Waals surface area contributed by atoms with Crippen LogP contribution in [0.3, 0.4) is 0 Å². The molecular formula is C16H19N3O3S. The molecule has 122 valence electrons. The normalized spacial score (nSPS) is 17.9. The molecule has 1 unspecified atom stereocenters. The van der Waals surface area contributed by atoms with Crippen LogP contribution >= 0.6 is 11.8 Å². The van der Waals surface area contributed by atoms with Gasteiger partial charge in [-0.2, -0.15) is 0 Å². The SMILES string of the molecule is O=C1CSC(c2cnc(-c3ccccc3)[nH]2)N1CCOCCO. The topological polar surface area (TPSA) is 78.5 Å². The number of benzene rings is 1. The fourth-order valence-electron chi connectivity index (χ4n) is 2.49. The maximum Gasteiger partial charge on any atom is 0.233 e. The van der Waals surface area contributed by atoms with Gasteiger partial charge in [0.25, 0.3) is 0 Å². The van der Waals surface area contributed by atoms with E-state index in [-0.39, 0.29) is 17.9 Å². The number of aromatic nitrogens is 2. The van der Waals surface area contributed by atoms with Gasteiger partial charge in [-0.1, -0.05) is 30.3 Å². The quantitative estimate of drug-likeness (QED) is 0.754. The van der Waals surface area contributed by atoms with Gasteiger partial charge in [-0.15, -0.1) is 11.8 Å². The van der Waals surface area contributed by atoms with Crippen LogP contribution in [0.1, 0.15) is 11.1 Å². The lowest BCUT2D eigenvalue weighted by Gasteiger charge is -2.22. The molecule has 1 saturated heterocycles. The smallest absolute Gasteiger partial charge is 0.233 e. The van der Waals surface area contributed by atoms with Crippen LogP contribution in [0.25, 0.3) is 11.4 Å². The minimum Gasteiger partial charge on any atom is -0.394 e. The van der Waals surface area contributed by atoms with Crippen molar-refractivity contribution in [3.63, 3.8) is 0 Å². The first-order valence-corrected chi connectivity index (χ1v) is 8.54. The van der Waals surface area contributed by atoms with E-state index < -0.39 is 0 Å². The number of aromatic amines is 1. The van der Waals surface area contributed by atoms with Crippen molar-refractivity contribution in [2.45, 2.75) is 5.37 Å². The molecule has 1 aliphatic rings. The van der Waals surface area contributed by atoms with Gasteiger partial charge in [0.15, 0.2) is 0 Å². The number of hydrogen-bond acceptors (Lipinski definition) is 5. The number of nitrogens with one attached hydrogen (secondary N) is 1. The highest BCUT2D eigenvalue weighted by Crippen LogP contribution is 2.38. The van der Waals surface area contributed by atoms with Gasteiger partial charge in [0.1, 0.15) is 11.2 Å². The van der Waals surface area contributed by atoms with Crippen molar-refractivity contribution < 1.29 is 14.6 Å². The maximum absolute atomic E-state index is 12.1. The number of carbonyl (C=O) groups is 1. The molecule has 0 aliphatic carbocycles. The molecule has 0 saturated carbocycles. The minimum absolute atomic E-state index is 0.00684. The van der Waals surface area contributed by atoms with Crippen LogP contribution in [0.5, 0.6) is 0 Å². The first kappa shape index (κ1) is 16.0. The molecule has 2 aromatic rings. The monoisotopic (exact) mass is 333 g/mol. The number of imidazole rings is 1. The van der Waals surface area contributed by atoms with E-state index in [4.69, 9.17) is 9.84 Å². The number of aliphatic hydroxyl groups excluding tert-OH is 1. The molecule has 0 spiro atoms. The Morgan fingerprint density at radius 1 is 1.35 bits per heavy atom. The highest BCUT2D eigenvalue weighted by molar-refractivity contribution is 8.00. The van der Waals surface area contributed by atoms with Crippen LogP contribution < -0.4 is 0 Å². The zero-order valence-corrected chi connectivity index (χ0v) is 13.5. The van der Waals surface area contributed by atoms with Gasteiger partial charge >= 0.3 is 0 Å². The van der Waals surface area contributed by atoms with E-state index in [9.17, 15) is 4.79 Å². The van der Waals surface area contributed by atoms with E-state index in [0.717, 1.165) is 17.1 Å². The summed E-state index contributed by atoms with van der Waals surface area (Å²) in [5.41, 5.74) is 1.94. The van der Waals surface area contributed by atoms with Crippen molar-refractivity contribution >= 4 is 17.7 Å². The van der Waals surface area contributed by atoms with Crippen molar-refractivity contribution in [3.05, 3.63) is 42.2 Å². The van der Waals surface area contributed by atoms with Gasteiger partial charge in [-0.3, -0.25) is 4.79 Å². The summed E-state index contributed by atoms with van der Waals surface area (Å²) in [6, 6.07) is 9.89. The summed E-state index contributed by atoms with van der Waals surface area (Å²) in [5.74, 6) is 1.37. The largest absolute Gasteiger partial charge is 0.394 e. The summed E-state index contributed by atoms with van der Waals surface area (Å²) in [6.07, 6.45) is 1.79. The van der Waals surface area contributed by atoms with E-state index in [1.54, 1.807) is 22.9 Å². The second-order valence-corrected chi connectivity index (χ2v) is 6.21. The van der Waals surface area contributed by atoms with Gasteiger partial charge in [0, 0.05) is 12.1 Å². The van der Waals surface area contributed by atoms with E-state index in [2.05, 4.69) is 9.97 Å². The average molecular weight is 333 g/mol. The van der Waals surface area contributed by atoms with E-state index in [1.165, 1.54) is 0 Å². The Hall–Kier alpha value is -1.83. The Bertz CT molecular complexity index is 647. The van der Waals surface area contributed by atoms with Crippen molar-refractivity contribution in [2.75, 3.05) is 32.1 Å². The number of ether oxygens (including phenoxy) is 1. The standard InChI is InChI=1S/C16H19N3O3S/c20-7-9-22-8-6-19-14(21)11-23-16(19)13-10-17-15(18-13)12-4-2-1-3-5-12/h1-5,10,16,20H,6-9,11H2,(H,17,18). The summed E-state index contributed by atoms with van der Waals surface area (Å²) in [4.78, 5) is 21.6. The van der Waals surface area contributed by atoms with Crippen molar-refractivity contribution in [1.82, 2.24) is 14.9 Å². The third-order valence-electron chi connectivity index (χ3n) is 3.59. The highest BCUT2D eigenvalue weighted by atomic mass is 32.2. The molecule has 23 heavy (non-hydrogen) atoms. The van der Waals surface area contributed by atoms with Gasteiger partial charge in [0.2, 0.25) is 5.91 Å². The van der Waals surface area contributed by atoms with E-state index in [0.29, 0.717) is 25.5 Å². The molecule has 1 fully saturated rings. The molecule has 2 heterocycles. The average Bonchev–Trinajstić information content (AvgIpc) is 3.20. The molecule has 1 aromatic carbocycles. The first-order valence-electron chi connectivity index (χ1n) is 7.49. The van der Waals surface area contributed by atoms with Gasteiger partial charge in [0.05, 0.1) is 37.5 Å². The molecule has 3 rings (SSSR count). The Morgan fingerprint density at radius 2 is 2.17 bits per heavy atom. The van der Waals surface area contributed by atoms with Crippen molar-refractivity contribution in [2.24, 2.45) is 0 Å². The molecule has 1 amide bonds. The Labute approximate surface area is 138 Å². The third-order valence-corrected chi connectivity index (χ3v) is 4.83. The third kappa shape index (κ3) is 3.74. The Balaban J connectivity index is 1.70. The molecule has 6 nitrogen and oxygen atoms in total. The van der Waals surface area contributed by atoms with Crippen LogP contribution in [0.15, 0.2) is 36.5 Å². The summed E-state index contributed by atoms with van der Waals surface area (Å²) < 4.78 is 5.27. The molecule has 1 atom stereocenters. The molecule has 2 N–H and O–H groups in total. The predicted molar refractivity (Wildman–Crippen MR) is 88.8 cm³/mol. The number of amides is 1. The fourth-order valence-corrected chi connectivity index (χ4v) is 3.66. The molecule has 0 radical (unpaired) electrons. The number of nitrogens with zero attached hydrogens (tertiary/aromatic N) is 2. The second-order valence-electron chi connectivity index (χ2n) is 5.14. The van der Waals surface area contributed by atoms with Crippen LogP contribution in [0, 0.1) is 0 Å². The Kier molecular flexibility index (Phi) is 5.32. The van der Waals surface area contributed by atoms with Gasteiger partial charge < -0.3 is 19.7 Å². The molecular weight excluding hydrogens is 314 g/mol. The number of carbonyl (C=O) groups excluding carboxylic acids is 1. The van der Waals surface area contributed by atoms with Crippen molar-refractivity contribution in [1.29, 1.82) is 0 Å². The summed E-state index contributed by atoms with van der Waals surface area (Å²) in [6.45, 7) is 1.22. The molecule has 1 aliphatic heterocycles. The lowest BCUT2D eigenvalue weighted by molar-refractivity contribution is -0.128. The van der Waals surface area contributed by atoms with Crippen LogP contribution in [0.4, 0.5) is 0 Å².